The molecule has 19 heavy (non-hydrogen) atoms. The lowest BCUT2D eigenvalue weighted by Crippen LogP contribution is -2.48. The highest BCUT2D eigenvalue weighted by Gasteiger charge is 2.28. The lowest BCUT2D eigenvalue weighted by Gasteiger charge is -2.35. The molecule has 0 aliphatic carbocycles. The van der Waals surface area contributed by atoms with E-state index in [4.69, 9.17) is 4.99 Å². The van der Waals surface area contributed by atoms with Crippen LogP contribution in [0.25, 0.3) is 0 Å². The van der Waals surface area contributed by atoms with Gasteiger partial charge in [-0.25, -0.2) is 0 Å². The van der Waals surface area contributed by atoms with Gasteiger partial charge in [-0.05, 0) is 20.3 Å². The zero-order valence-electron chi connectivity index (χ0n) is 12.5. The van der Waals surface area contributed by atoms with E-state index >= 15 is 0 Å². The van der Waals surface area contributed by atoms with Crippen molar-refractivity contribution in [2.45, 2.75) is 25.1 Å². The average molecular weight is 303 g/mol. The molecule has 2 rings (SSSR count). The summed E-state index contributed by atoms with van der Waals surface area (Å²) in [4.78, 5) is 9.59. The number of amidine groups is 1. The van der Waals surface area contributed by atoms with Gasteiger partial charge in [0, 0.05) is 44.1 Å². The van der Waals surface area contributed by atoms with Crippen LogP contribution in [-0.4, -0.2) is 78.5 Å². The second kappa shape index (κ2) is 6.19. The lowest BCUT2D eigenvalue weighted by atomic mass is 10.3. The smallest absolute Gasteiger partial charge is 0.159 e. The molecular formula is C13H26N3OPS. The molecule has 0 saturated carbocycles. The van der Waals surface area contributed by atoms with E-state index in [-0.39, 0.29) is 0 Å². The fraction of sp³-hybridized carbons (Fsp3) is 0.923. The third-order valence-corrected chi connectivity index (χ3v) is 6.50. The minimum Gasteiger partial charge on any atom is -0.349 e. The third kappa shape index (κ3) is 4.51. The molecule has 110 valence electrons. The summed E-state index contributed by atoms with van der Waals surface area (Å²) in [6.45, 7) is 13.5. The van der Waals surface area contributed by atoms with Crippen LogP contribution in [0, 0.1) is 0 Å². The highest BCUT2D eigenvalue weighted by atomic mass is 32.2. The van der Waals surface area contributed by atoms with Crippen LogP contribution in [0.1, 0.15) is 13.8 Å². The fourth-order valence-corrected chi connectivity index (χ4v) is 4.19. The van der Waals surface area contributed by atoms with Crippen LogP contribution in [-0.2, 0) is 4.57 Å². The summed E-state index contributed by atoms with van der Waals surface area (Å²) < 4.78 is 11.7. The molecule has 1 fully saturated rings. The van der Waals surface area contributed by atoms with Gasteiger partial charge in [0.1, 0.15) is 0 Å². The van der Waals surface area contributed by atoms with Crippen LogP contribution >= 0.6 is 18.9 Å². The van der Waals surface area contributed by atoms with E-state index in [0.29, 0.717) is 11.3 Å². The van der Waals surface area contributed by atoms with Crippen molar-refractivity contribution in [3.8, 4) is 0 Å². The molecular weight excluding hydrogens is 277 g/mol. The monoisotopic (exact) mass is 303 g/mol. The number of rotatable bonds is 3. The Balaban J connectivity index is 1.77. The van der Waals surface area contributed by atoms with Crippen molar-refractivity contribution in [1.82, 2.24) is 9.80 Å². The minimum atomic E-state index is -1.87. The van der Waals surface area contributed by atoms with Gasteiger partial charge in [0.15, 0.2) is 5.17 Å². The molecule has 0 amide bonds. The van der Waals surface area contributed by atoms with E-state index in [1.54, 1.807) is 0 Å². The third-order valence-electron chi connectivity index (χ3n) is 3.88. The molecule has 0 aromatic carbocycles. The first-order chi connectivity index (χ1) is 8.85. The van der Waals surface area contributed by atoms with Crippen molar-refractivity contribution in [3.05, 3.63) is 0 Å². The lowest BCUT2D eigenvalue weighted by molar-refractivity contribution is 0.192. The highest BCUT2D eigenvalue weighted by molar-refractivity contribution is 8.14. The van der Waals surface area contributed by atoms with Crippen LogP contribution in [0.4, 0.5) is 0 Å². The van der Waals surface area contributed by atoms with Gasteiger partial charge in [0.05, 0.1) is 13.2 Å². The molecule has 0 spiro atoms. The summed E-state index contributed by atoms with van der Waals surface area (Å²) in [6, 6.07) is 0.448. The SMILES string of the molecule is CC1SC(N2CCN(CCP(C)(C)=O)CC2)=N[C@@H]1C. The fourth-order valence-electron chi connectivity index (χ4n) is 2.28. The van der Waals surface area contributed by atoms with Crippen LogP contribution in [0.5, 0.6) is 0 Å². The number of nitrogens with zero attached hydrogens (tertiary/aromatic N) is 3. The second-order valence-corrected chi connectivity index (χ2v) is 11.0. The summed E-state index contributed by atoms with van der Waals surface area (Å²) >= 11 is 1.91. The normalized spacial score (nSPS) is 29.7. The molecule has 0 radical (unpaired) electrons. The maximum atomic E-state index is 11.7. The van der Waals surface area contributed by atoms with Crippen molar-refractivity contribution >= 4 is 24.1 Å². The molecule has 2 atom stereocenters. The predicted octanol–water partition coefficient (Wildman–Crippen LogP) is 2.11. The molecule has 2 heterocycles. The molecule has 4 nitrogen and oxygen atoms in total. The van der Waals surface area contributed by atoms with Crippen LogP contribution in [0.3, 0.4) is 0 Å². The number of hydrogen-bond acceptors (Lipinski definition) is 5. The van der Waals surface area contributed by atoms with Gasteiger partial charge in [-0.1, -0.05) is 18.7 Å². The molecule has 0 aromatic rings. The molecule has 2 aliphatic rings. The van der Waals surface area contributed by atoms with E-state index in [1.165, 1.54) is 5.17 Å². The van der Waals surface area contributed by atoms with Crippen molar-refractivity contribution in [2.75, 3.05) is 52.2 Å². The summed E-state index contributed by atoms with van der Waals surface area (Å²) in [7, 11) is -1.87. The first-order valence-corrected chi connectivity index (χ1v) is 10.8. The van der Waals surface area contributed by atoms with Gasteiger partial charge in [0.25, 0.3) is 0 Å². The van der Waals surface area contributed by atoms with E-state index in [9.17, 15) is 4.57 Å². The summed E-state index contributed by atoms with van der Waals surface area (Å²) in [5.74, 6) is 0. The first kappa shape index (κ1) is 15.4. The Morgan fingerprint density at radius 1 is 1.26 bits per heavy atom. The second-order valence-electron chi connectivity index (χ2n) is 6.10. The van der Waals surface area contributed by atoms with E-state index in [2.05, 4.69) is 23.6 Å². The maximum Gasteiger partial charge on any atom is 0.159 e. The van der Waals surface area contributed by atoms with Gasteiger partial charge in [-0.3, -0.25) is 9.89 Å². The zero-order valence-corrected chi connectivity index (χ0v) is 14.2. The van der Waals surface area contributed by atoms with E-state index in [1.807, 2.05) is 25.1 Å². The highest BCUT2D eigenvalue weighted by Crippen LogP contribution is 2.35. The van der Waals surface area contributed by atoms with Crippen LogP contribution < -0.4 is 0 Å². The maximum absolute atomic E-state index is 11.7. The minimum absolute atomic E-state index is 0.448. The molecule has 2 aliphatic heterocycles. The van der Waals surface area contributed by atoms with Crippen molar-refractivity contribution in [1.29, 1.82) is 0 Å². The molecule has 0 N–H and O–H groups in total. The topological polar surface area (TPSA) is 35.9 Å². The van der Waals surface area contributed by atoms with Crippen LogP contribution in [0.2, 0.25) is 0 Å². The molecule has 0 aromatic heterocycles. The summed E-state index contributed by atoms with van der Waals surface area (Å²) in [5, 5.41) is 1.84. The van der Waals surface area contributed by atoms with Gasteiger partial charge >= 0.3 is 0 Å². The number of thioether (sulfide) groups is 1. The Hall–Kier alpha value is 0.01000. The summed E-state index contributed by atoms with van der Waals surface area (Å²) in [5.41, 5.74) is 0. The Morgan fingerprint density at radius 3 is 2.37 bits per heavy atom. The number of piperazine rings is 1. The van der Waals surface area contributed by atoms with Crippen LogP contribution in [0.15, 0.2) is 4.99 Å². The quantitative estimate of drug-likeness (QED) is 0.748. The van der Waals surface area contributed by atoms with E-state index < -0.39 is 7.14 Å². The predicted molar refractivity (Wildman–Crippen MR) is 86.3 cm³/mol. The summed E-state index contributed by atoms with van der Waals surface area (Å²) in [6.07, 6.45) is 0.844. The average Bonchev–Trinajstić information content (AvgIpc) is 2.67. The van der Waals surface area contributed by atoms with E-state index in [0.717, 1.165) is 38.9 Å². The number of aliphatic imine (C=N–C) groups is 1. The Morgan fingerprint density at radius 2 is 1.89 bits per heavy atom. The molecule has 0 bridgehead atoms. The standard InChI is InChI=1S/C13H26N3OPS/c1-11-12(2)19-13(14-11)16-7-5-15(6-8-16)9-10-18(3,4)17/h11-12H,5-10H2,1-4H3/t11-,12?/m1/s1. The first-order valence-electron chi connectivity index (χ1n) is 7.11. The Labute approximate surface area is 121 Å². The largest absolute Gasteiger partial charge is 0.349 e. The van der Waals surface area contributed by atoms with Gasteiger partial charge in [-0.2, -0.15) is 0 Å². The Kier molecular flexibility index (Phi) is 5.02. The van der Waals surface area contributed by atoms with Gasteiger partial charge in [0.2, 0.25) is 0 Å². The molecule has 6 heteroatoms. The molecule has 1 unspecified atom stereocenters. The molecule has 1 saturated heterocycles. The number of hydrogen-bond donors (Lipinski definition) is 0. The van der Waals surface area contributed by atoms with Crippen molar-refractivity contribution in [3.63, 3.8) is 0 Å². The van der Waals surface area contributed by atoms with Gasteiger partial charge in [-0.15, -0.1) is 0 Å². The van der Waals surface area contributed by atoms with Gasteiger partial charge < -0.3 is 9.46 Å². The Bertz CT molecular complexity index is 387. The zero-order chi connectivity index (χ0) is 14.0. The van der Waals surface area contributed by atoms with Crippen molar-refractivity contribution in [2.24, 2.45) is 4.99 Å². The van der Waals surface area contributed by atoms with Crippen molar-refractivity contribution < 1.29 is 4.57 Å².